The molecule has 1 aliphatic rings. The molecule has 5 rings (SSSR count). The minimum atomic E-state index is -1.30. The van der Waals surface area contributed by atoms with Gasteiger partial charge in [0.1, 0.15) is 22.4 Å². The number of carbonyl (C=O) groups is 2. The van der Waals surface area contributed by atoms with E-state index in [1.54, 1.807) is 54.7 Å². The van der Waals surface area contributed by atoms with Crippen LogP contribution in [0.2, 0.25) is 5.02 Å². The van der Waals surface area contributed by atoms with E-state index >= 15 is 0 Å². The highest BCUT2D eigenvalue weighted by molar-refractivity contribution is 8.01. The lowest BCUT2D eigenvalue weighted by Gasteiger charge is -2.38. The van der Waals surface area contributed by atoms with Crippen molar-refractivity contribution < 1.29 is 18.7 Å². The fourth-order valence-corrected chi connectivity index (χ4v) is 5.12. The number of amides is 1. The second-order valence-corrected chi connectivity index (χ2v) is 9.40. The summed E-state index contributed by atoms with van der Waals surface area (Å²) in [5, 5.41) is 9.49. The van der Waals surface area contributed by atoms with Gasteiger partial charge >= 0.3 is 0 Å². The summed E-state index contributed by atoms with van der Waals surface area (Å²) in [6.45, 7) is 0. The molecular formula is C25H18ClFN4O3S. The van der Waals surface area contributed by atoms with E-state index < -0.39 is 16.7 Å². The molecule has 0 spiro atoms. The van der Waals surface area contributed by atoms with Crippen LogP contribution in [0.5, 0.6) is 11.6 Å². The Bertz CT molecular complexity index is 1360. The number of Topliss-reactive ketones (excluding diaryl/α,β-unsaturated/α-hetero) is 1. The Morgan fingerprint density at radius 3 is 2.51 bits per heavy atom. The number of nitrogens with one attached hydrogen (secondary N) is 2. The van der Waals surface area contributed by atoms with Crippen molar-refractivity contribution in [2.75, 3.05) is 0 Å². The first-order valence-corrected chi connectivity index (χ1v) is 11.9. The second kappa shape index (κ2) is 9.52. The molecule has 1 aliphatic heterocycles. The number of aromatic nitrogens is 3. The number of hydrogen-bond donors (Lipinski definition) is 2. The number of halogens is 2. The van der Waals surface area contributed by atoms with Crippen molar-refractivity contribution in [3.63, 3.8) is 0 Å². The summed E-state index contributed by atoms with van der Waals surface area (Å²) in [4.78, 5) is 31.9. The normalized spacial score (nSPS) is 19.9. The minimum absolute atomic E-state index is 0.0707. The van der Waals surface area contributed by atoms with Crippen LogP contribution in [0.3, 0.4) is 0 Å². The van der Waals surface area contributed by atoms with Crippen LogP contribution in [0.4, 0.5) is 4.39 Å². The molecule has 7 nitrogen and oxygen atoms in total. The van der Waals surface area contributed by atoms with Gasteiger partial charge in [0.25, 0.3) is 0 Å². The van der Waals surface area contributed by atoms with Crippen LogP contribution in [-0.2, 0) is 15.1 Å². The topological polar surface area (TPSA) is 97.0 Å². The van der Waals surface area contributed by atoms with Crippen LogP contribution in [0.15, 0.2) is 83.9 Å². The van der Waals surface area contributed by atoms with Crippen molar-refractivity contribution in [1.29, 1.82) is 0 Å². The average Bonchev–Trinajstić information content (AvgIpc) is 3.40. The van der Waals surface area contributed by atoms with Gasteiger partial charge in [-0.25, -0.2) is 9.37 Å². The van der Waals surface area contributed by atoms with Gasteiger partial charge in [-0.1, -0.05) is 29.8 Å². The number of ether oxygens (including phenoxy) is 1. The van der Waals surface area contributed by atoms with Crippen molar-refractivity contribution in [3.8, 4) is 11.6 Å². The molecule has 10 heteroatoms. The first-order chi connectivity index (χ1) is 16.9. The number of rotatable bonds is 6. The Morgan fingerprint density at radius 1 is 1.00 bits per heavy atom. The molecule has 2 N–H and O–H groups in total. The van der Waals surface area contributed by atoms with Gasteiger partial charge in [-0.3, -0.25) is 14.7 Å². The molecule has 0 bridgehead atoms. The Labute approximate surface area is 209 Å². The molecule has 176 valence electrons. The van der Waals surface area contributed by atoms with Crippen LogP contribution in [0.1, 0.15) is 17.8 Å². The molecule has 0 aliphatic carbocycles. The lowest BCUT2D eigenvalue weighted by Crippen LogP contribution is -2.58. The minimum Gasteiger partial charge on any atom is -0.439 e. The molecule has 35 heavy (non-hydrogen) atoms. The van der Waals surface area contributed by atoms with Crippen molar-refractivity contribution in [2.24, 2.45) is 0 Å². The predicted octanol–water partition coefficient (Wildman–Crippen LogP) is 4.88. The summed E-state index contributed by atoms with van der Waals surface area (Å²) in [7, 11) is 0. The lowest BCUT2D eigenvalue weighted by atomic mass is 9.81. The summed E-state index contributed by atoms with van der Waals surface area (Å²) in [6.07, 6.45) is 1.54. The Morgan fingerprint density at radius 2 is 1.80 bits per heavy atom. The van der Waals surface area contributed by atoms with Crippen LogP contribution in [0.25, 0.3) is 0 Å². The smallest absolute Gasteiger partial charge is 0.242 e. The van der Waals surface area contributed by atoms with Crippen molar-refractivity contribution in [1.82, 2.24) is 20.5 Å². The number of thioether (sulfide) groups is 1. The molecule has 1 saturated heterocycles. The molecule has 0 saturated carbocycles. The summed E-state index contributed by atoms with van der Waals surface area (Å²) < 4.78 is 19.0. The fourth-order valence-electron chi connectivity index (χ4n) is 3.88. The number of H-pyrrole nitrogens is 1. The standard InChI is InChI=1S/C25H18ClFN4O3S/c26-17-4-1-2-5-19(17)35-23-18(32)14-25(30-24(23)33,21-12-13-28-31-21)20-6-3-7-22(29-20)34-16-10-8-15(27)9-11-16/h1-13,23H,14H2,(H,28,31)(H,30,33). The van der Waals surface area contributed by atoms with E-state index in [9.17, 15) is 14.0 Å². The van der Waals surface area contributed by atoms with Crippen LogP contribution < -0.4 is 10.1 Å². The molecule has 1 amide bonds. The number of pyridine rings is 1. The monoisotopic (exact) mass is 508 g/mol. The number of piperidine rings is 1. The number of ketones is 1. The van der Waals surface area contributed by atoms with Gasteiger partial charge in [-0.15, -0.1) is 11.8 Å². The van der Waals surface area contributed by atoms with Gasteiger partial charge in [0.15, 0.2) is 5.78 Å². The maximum absolute atomic E-state index is 13.4. The van der Waals surface area contributed by atoms with E-state index in [2.05, 4.69) is 20.5 Å². The molecule has 2 aromatic carbocycles. The Kier molecular flexibility index (Phi) is 6.27. The molecule has 4 aromatic rings. The van der Waals surface area contributed by atoms with Crippen molar-refractivity contribution in [2.45, 2.75) is 22.1 Å². The molecule has 0 radical (unpaired) electrons. The zero-order chi connectivity index (χ0) is 24.4. The van der Waals surface area contributed by atoms with E-state index in [-0.39, 0.29) is 23.9 Å². The third-order valence-electron chi connectivity index (χ3n) is 5.52. The third-order valence-corrected chi connectivity index (χ3v) is 7.29. The Hall–Kier alpha value is -3.69. The SMILES string of the molecule is O=C1CC(c2cc[nH]n2)(c2cccc(Oc3ccc(F)cc3)n2)NC(=O)C1Sc1ccccc1Cl. The summed E-state index contributed by atoms with van der Waals surface area (Å²) >= 11 is 7.35. The first kappa shape index (κ1) is 23.1. The van der Waals surface area contributed by atoms with E-state index in [1.807, 2.05) is 0 Å². The summed E-state index contributed by atoms with van der Waals surface area (Å²) in [5.41, 5.74) is -0.479. The largest absolute Gasteiger partial charge is 0.439 e. The molecule has 2 unspecified atom stereocenters. The average molecular weight is 509 g/mol. The van der Waals surface area contributed by atoms with Gasteiger partial charge in [-0.2, -0.15) is 5.10 Å². The Balaban J connectivity index is 1.48. The number of nitrogens with zero attached hydrogens (tertiary/aromatic N) is 2. The van der Waals surface area contributed by atoms with E-state index in [0.717, 1.165) is 11.8 Å². The number of carbonyl (C=O) groups excluding carboxylic acids is 2. The molecule has 2 aromatic heterocycles. The highest BCUT2D eigenvalue weighted by Gasteiger charge is 2.49. The van der Waals surface area contributed by atoms with Gasteiger partial charge in [-0.05, 0) is 48.5 Å². The second-order valence-electron chi connectivity index (χ2n) is 7.84. The number of benzene rings is 2. The first-order valence-electron chi connectivity index (χ1n) is 10.6. The van der Waals surface area contributed by atoms with Crippen LogP contribution in [-0.4, -0.2) is 32.1 Å². The predicted molar refractivity (Wildman–Crippen MR) is 129 cm³/mol. The maximum atomic E-state index is 13.4. The van der Waals surface area contributed by atoms with E-state index in [0.29, 0.717) is 27.1 Å². The molecule has 3 heterocycles. The lowest BCUT2D eigenvalue weighted by molar-refractivity contribution is -0.133. The highest BCUT2D eigenvalue weighted by atomic mass is 35.5. The molecule has 2 atom stereocenters. The van der Waals surface area contributed by atoms with Crippen LogP contribution in [0, 0.1) is 5.82 Å². The van der Waals surface area contributed by atoms with Crippen LogP contribution >= 0.6 is 23.4 Å². The zero-order valence-electron chi connectivity index (χ0n) is 18.1. The highest BCUT2D eigenvalue weighted by Crippen LogP contribution is 2.40. The molecule has 1 fully saturated rings. The van der Waals surface area contributed by atoms with Gasteiger partial charge in [0, 0.05) is 23.6 Å². The van der Waals surface area contributed by atoms with Gasteiger partial charge < -0.3 is 10.1 Å². The third kappa shape index (κ3) is 4.65. The zero-order valence-corrected chi connectivity index (χ0v) is 19.6. The van der Waals surface area contributed by atoms with Crippen molar-refractivity contribution in [3.05, 3.63) is 101 Å². The van der Waals surface area contributed by atoms with Gasteiger partial charge in [0.2, 0.25) is 11.8 Å². The van der Waals surface area contributed by atoms with Crippen molar-refractivity contribution >= 4 is 35.1 Å². The molecular weight excluding hydrogens is 491 g/mol. The summed E-state index contributed by atoms with van der Waals surface area (Å²) in [6, 6.07) is 19.3. The number of aromatic amines is 1. The fraction of sp³-hybridized carbons (Fsp3) is 0.120. The van der Waals surface area contributed by atoms with E-state index in [4.69, 9.17) is 16.3 Å². The van der Waals surface area contributed by atoms with Gasteiger partial charge in [0.05, 0.1) is 16.4 Å². The van der Waals surface area contributed by atoms with E-state index in [1.165, 1.54) is 24.3 Å². The quantitative estimate of drug-likeness (QED) is 0.360. The number of hydrogen-bond acceptors (Lipinski definition) is 6. The summed E-state index contributed by atoms with van der Waals surface area (Å²) in [5.74, 6) is -0.526. The maximum Gasteiger partial charge on any atom is 0.242 e.